The first kappa shape index (κ1) is 21.9. The van der Waals surface area contributed by atoms with E-state index in [4.69, 9.17) is 28.4 Å². The van der Waals surface area contributed by atoms with Crippen LogP contribution in [-0.2, 0) is 31.0 Å². The Labute approximate surface area is 206 Å². The Hall–Kier alpha value is -3.34. The summed E-state index contributed by atoms with van der Waals surface area (Å²) < 4.78 is 34.6. The van der Waals surface area contributed by atoms with E-state index in [0.29, 0.717) is 22.8 Å². The first-order valence-electron chi connectivity index (χ1n) is 11.9. The Morgan fingerprint density at radius 2 is 1.72 bits per heavy atom. The molecule has 0 unspecified atom stereocenters. The van der Waals surface area contributed by atoms with Crippen LogP contribution >= 0.6 is 0 Å². The van der Waals surface area contributed by atoms with Crippen molar-refractivity contribution in [2.45, 2.75) is 62.1 Å². The van der Waals surface area contributed by atoms with Gasteiger partial charge in [-0.05, 0) is 49.2 Å². The fourth-order valence-electron chi connectivity index (χ4n) is 6.47. The molecule has 1 aliphatic carbocycles. The molecule has 2 bridgehead atoms. The number of amides is 1. The van der Waals surface area contributed by atoms with E-state index in [9.17, 15) is 14.7 Å². The molecule has 0 aromatic heterocycles. The van der Waals surface area contributed by atoms with Crippen LogP contribution < -0.4 is 14.2 Å². The maximum atomic E-state index is 14.1. The summed E-state index contributed by atoms with van der Waals surface area (Å²) in [5, 5.41) is 11.7. The van der Waals surface area contributed by atoms with E-state index in [2.05, 4.69) is 0 Å². The summed E-state index contributed by atoms with van der Waals surface area (Å²) >= 11 is 0. The van der Waals surface area contributed by atoms with Gasteiger partial charge in [-0.25, -0.2) is 0 Å². The zero-order chi connectivity index (χ0) is 25.0. The van der Waals surface area contributed by atoms with Crippen molar-refractivity contribution >= 4 is 11.9 Å². The average molecular weight is 495 g/mol. The Bertz CT molecular complexity index is 1290. The number of ether oxygens (including phenoxy) is 6. The molecule has 4 heterocycles. The largest absolute Gasteiger partial charge is 0.497 e. The van der Waals surface area contributed by atoms with E-state index in [1.807, 2.05) is 24.3 Å². The van der Waals surface area contributed by atoms with Crippen LogP contribution in [0, 0.1) is 0 Å². The standard InChI is InChI=1S/C26H25NO9/c1-25(2)35-18-19(36-25)21-26(22(28)20(18)34-24(26)30)15-9-17-16(32-11-33-17)8-14(15)23(29)27(21)10-12-4-6-13(31-3)7-5-12/h4-9,18-22,28H,10-11H2,1-3H3/t18-,19+,20+,21-,22+,26-/m0/s1. The minimum atomic E-state index is -1.58. The summed E-state index contributed by atoms with van der Waals surface area (Å²) in [4.78, 5) is 29.5. The maximum Gasteiger partial charge on any atom is 0.322 e. The van der Waals surface area contributed by atoms with Crippen molar-refractivity contribution in [3.8, 4) is 17.2 Å². The third-order valence-electron chi connectivity index (χ3n) is 7.92. The molecule has 1 spiro atoms. The van der Waals surface area contributed by atoms with Gasteiger partial charge >= 0.3 is 5.97 Å². The monoisotopic (exact) mass is 495 g/mol. The third-order valence-corrected chi connectivity index (χ3v) is 7.92. The van der Waals surface area contributed by atoms with Gasteiger partial charge in [0.05, 0.1) is 13.2 Å². The van der Waals surface area contributed by atoms with E-state index in [-0.39, 0.29) is 24.8 Å². The number of nitrogens with zero attached hydrogens (tertiary/aromatic N) is 1. The smallest absolute Gasteiger partial charge is 0.322 e. The molecular weight excluding hydrogens is 470 g/mol. The number of esters is 1. The van der Waals surface area contributed by atoms with Gasteiger partial charge in [-0.2, -0.15) is 0 Å². The zero-order valence-electron chi connectivity index (χ0n) is 19.9. The van der Waals surface area contributed by atoms with Gasteiger partial charge in [-0.3, -0.25) is 9.59 Å². The molecule has 1 N–H and O–H groups in total. The minimum Gasteiger partial charge on any atom is -0.497 e. The lowest BCUT2D eigenvalue weighted by atomic mass is 9.59. The SMILES string of the molecule is COc1ccc(CN2C(=O)c3cc4c(cc3[C@]35C(=O)O[C@H]([C@H]6OC(C)(C)O[C@H]6[C@H]23)[C@H]5O)OCO4)cc1. The third kappa shape index (κ3) is 2.66. The van der Waals surface area contributed by atoms with Gasteiger partial charge < -0.3 is 38.4 Å². The summed E-state index contributed by atoms with van der Waals surface area (Å²) in [6.07, 6.45) is -3.64. The highest BCUT2D eigenvalue weighted by molar-refractivity contribution is 6.04. The fourth-order valence-corrected chi connectivity index (χ4v) is 6.47. The Kier molecular flexibility index (Phi) is 4.33. The normalized spacial score (nSPS) is 34.7. The predicted molar refractivity (Wildman–Crippen MR) is 121 cm³/mol. The summed E-state index contributed by atoms with van der Waals surface area (Å²) in [6, 6.07) is 9.66. The molecule has 2 aromatic rings. The number of hydrogen-bond acceptors (Lipinski definition) is 9. The molecule has 1 amide bonds. The maximum absolute atomic E-state index is 14.1. The van der Waals surface area contributed by atoms with Gasteiger partial charge in [0.15, 0.2) is 23.4 Å². The lowest BCUT2D eigenvalue weighted by molar-refractivity contribution is -0.170. The van der Waals surface area contributed by atoms with Crippen LogP contribution in [0.5, 0.6) is 17.2 Å². The topological polar surface area (TPSA) is 113 Å². The number of carbonyl (C=O) groups excluding carboxylic acids is 2. The molecule has 188 valence electrons. The van der Waals surface area contributed by atoms with Crippen molar-refractivity contribution < 1.29 is 43.1 Å². The molecule has 5 aliphatic rings. The summed E-state index contributed by atoms with van der Waals surface area (Å²) in [5.41, 5.74) is -0.135. The first-order chi connectivity index (χ1) is 17.2. The van der Waals surface area contributed by atoms with E-state index in [0.717, 1.165) is 5.56 Å². The number of hydrogen-bond donors (Lipinski definition) is 1. The van der Waals surface area contributed by atoms with Gasteiger partial charge in [-0.15, -0.1) is 0 Å². The van der Waals surface area contributed by atoms with Crippen molar-refractivity contribution in [3.05, 3.63) is 53.1 Å². The lowest BCUT2D eigenvalue weighted by Crippen LogP contribution is -2.73. The van der Waals surface area contributed by atoms with Crippen LogP contribution in [0.15, 0.2) is 36.4 Å². The predicted octanol–water partition coefficient (Wildman–Crippen LogP) is 1.51. The second-order valence-electron chi connectivity index (χ2n) is 10.2. The van der Waals surface area contributed by atoms with E-state index in [1.54, 1.807) is 38.0 Å². The minimum absolute atomic E-state index is 0.00384. The van der Waals surface area contributed by atoms with Crippen LogP contribution in [0.4, 0.5) is 0 Å². The fraction of sp³-hybridized carbons (Fsp3) is 0.462. The summed E-state index contributed by atoms with van der Waals surface area (Å²) in [7, 11) is 1.58. The van der Waals surface area contributed by atoms with Gasteiger partial charge in [0.25, 0.3) is 5.91 Å². The highest BCUT2D eigenvalue weighted by Crippen LogP contribution is 2.58. The van der Waals surface area contributed by atoms with Crippen molar-refractivity contribution in [1.82, 2.24) is 4.90 Å². The van der Waals surface area contributed by atoms with Gasteiger partial charge in [0, 0.05) is 12.1 Å². The van der Waals surface area contributed by atoms with Crippen LogP contribution in [-0.4, -0.2) is 72.0 Å². The zero-order valence-corrected chi connectivity index (χ0v) is 19.9. The molecule has 6 atom stereocenters. The van der Waals surface area contributed by atoms with Crippen molar-refractivity contribution in [2.24, 2.45) is 0 Å². The Morgan fingerprint density at radius 1 is 1.03 bits per heavy atom. The molecule has 2 saturated heterocycles. The first-order valence-corrected chi connectivity index (χ1v) is 11.9. The van der Waals surface area contributed by atoms with E-state index >= 15 is 0 Å². The number of aliphatic hydroxyl groups excluding tert-OH is 1. The Morgan fingerprint density at radius 3 is 2.44 bits per heavy atom. The highest BCUT2D eigenvalue weighted by atomic mass is 16.8. The van der Waals surface area contributed by atoms with Crippen LogP contribution in [0.1, 0.15) is 35.3 Å². The molecular formula is C26H25NO9. The molecule has 36 heavy (non-hydrogen) atoms. The van der Waals surface area contributed by atoms with Crippen molar-refractivity contribution in [2.75, 3.05) is 13.9 Å². The molecule has 7 rings (SSSR count). The van der Waals surface area contributed by atoms with Crippen molar-refractivity contribution in [1.29, 1.82) is 0 Å². The van der Waals surface area contributed by atoms with Gasteiger partial charge in [-0.1, -0.05) is 12.1 Å². The highest BCUT2D eigenvalue weighted by Gasteiger charge is 2.77. The molecule has 10 nitrogen and oxygen atoms in total. The number of methoxy groups -OCH3 is 1. The Balaban J connectivity index is 1.44. The quantitative estimate of drug-likeness (QED) is 0.633. The average Bonchev–Trinajstić information content (AvgIpc) is 3.50. The van der Waals surface area contributed by atoms with Gasteiger partial charge in [0.1, 0.15) is 29.5 Å². The van der Waals surface area contributed by atoms with E-state index in [1.165, 1.54) is 0 Å². The summed E-state index contributed by atoms with van der Waals surface area (Å²) in [5.74, 6) is -0.412. The molecule has 3 fully saturated rings. The number of rotatable bonds is 3. The molecule has 1 saturated carbocycles. The van der Waals surface area contributed by atoms with E-state index < -0.39 is 47.6 Å². The molecule has 4 aliphatic heterocycles. The number of carbonyl (C=O) groups is 2. The lowest BCUT2D eigenvalue weighted by Gasteiger charge is -2.52. The number of benzene rings is 2. The second-order valence-corrected chi connectivity index (χ2v) is 10.2. The number of aliphatic hydroxyl groups is 1. The second kappa shape index (κ2) is 7.12. The number of fused-ring (bicyclic) bond motifs is 6. The van der Waals surface area contributed by atoms with Crippen LogP contribution in [0.3, 0.4) is 0 Å². The molecule has 2 aromatic carbocycles. The molecule has 0 radical (unpaired) electrons. The molecule has 10 heteroatoms. The summed E-state index contributed by atoms with van der Waals surface area (Å²) in [6.45, 7) is 3.71. The van der Waals surface area contributed by atoms with Crippen LogP contribution in [0.2, 0.25) is 0 Å². The van der Waals surface area contributed by atoms with Crippen LogP contribution in [0.25, 0.3) is 0 Å². The van der Waals surface area contributed by atoms with Gasteiger partial charge in [0.2, 0.25) is 6.79 Å². The van der Waals surface area contributed by atoms with Crippen molar-refractivity contribution in [3.63, 3.8) is 0 Å².